The summed E-state index contributed by atoms with van der Waals surface area (Å²) in [4.78, 5) is 12.0. The number of nitrogens with one attached hydrogen (secondary N) is 1. The van der Waals surface area contributed by atoms with Gasteiger partial charge in [-0.2, -0.15) is 0 Å². The summed E-state index contributed by atoms with van der Waals surface area (Å²) in [5.41, 5.74) is 2.03. The van der Waals surface area contributed by atoms with Gasteiger partial charge in [-0.25, -0.2) is 0 Å². The second-order valence-corrected chi connectivity index (χ2v) is 4.48. The molecule has 1 aromatic rings. The topological polar surface area (TPSA) is 38.3 Å². The quantitative estimate of drug-likeness (QED) is 0.810. The van der Waals surface area contributed by atoms with Gasteiger partial charge in [-0.1, -0.05) is 24.3 Å². The van der Waals surface area contributed by atoms with Crippen molar-refractivity contribution in [2.24, 2.45) is 0 Å². The number of para-hydroxylation sites is 1. The van der Waals surface area contributed by atoms with Crippen LogP contribution >= 0.6 is 0 Å². The van der Waals surface area contributed by atoms with Crippen LogP contribution in [0.5, 0.6) is 0 Å². The van der Waals surface area contributed by atoms with Crippen LogP contribution in [0.25, 0.3) is 0 Å². The van der Waals surface area contributed by atoms with Crippen LogP contribution in [-0.2, 0) is 16.0 Å². The lowest BCUT2D eigenvalue weighted by Gasteiger charge is -2.13. The molecule has 3 heteroatoms. The Morgan fingerprint density at radius 2 is 2.33 bits per heavy atom. The molecule has 1 aliphatic rings. The van der Waals surface area contributed by atoms with Crippen LogP contribution in [0.2, 0.25) is 0 Å². The summed E-state index contributed by atoms with van der Waals surface area (Å²) in [5, 5.41) is 2.96. The number of anilines is 1. The first-order valence-corrected chi connectivity index (χ1v) is 6.42. The number of carbonyl (C=O) groups is 1. The highest BCUT2D eigenvalue weighted by atomic mass is 16.5. The van der Waals surface area contributed by atoms with Crippen LogP contribution in [-0.4, -0.2) is 18.6 Å². The number of benzene rings is 1. The van der Waals surface area contributed by atoms with Gasteiger partial charge in [0.05, 0.1) is 0 Å². The number of hydrogen-bond acceptors (Lipinski definition) is 2. The fourth-order valence-electron chi connectivity index (χ4n) is 2.12. The van der Waals surface area contributed by atoms with Crippen molar-refractivity contribution in [3.63, 3.8) is 0 Å². The molecule has 1 aromatic carbocycles. The smallest absolute Gasteiger partial charge is 0.253 e. The Balaban J connectivity index is 2.03. The van der Waals surface area contributed by atoms with Crippen molar-refractivity contribution < 1.29 is 9.53 Å². The highest BCUT2D eigenvalue weighted by Gasteiger charge is 2.23. The van der Waals surface area contributed by atoms with Crippen molar-refractivity contribution in [1.29, 1.82) is 0 Å². The molecular formula is C15H19NO2. The van der Waals surface area contributed by atoms with Crippen LogP contribution in [0.4, 0.5) is 5.69 Å². The maximum atomic E-state index is 12.0. The maximum absolute atomic E-state index is 12.0. The Bertz CT molecular complexity index is 422. The Labute approximate surface area is 108 Å². The summed E-state index contributed by atoms with van der Waals surface area (Å²) in [6.45, 7) is 4.41. The van der Waals surface area contributed by atoms with Crippen LogP contribution in [0.15, 0.2) is 36.9 Å². The Morgan fingerprint density at radius 3 is 3.06 bits per heavy atom. The van der Waals surface area contributed by atoms with E-state index in [0.717, 1.165) is 36.9 Å². The van der Waals surface area contributed by atoms with Crippen LogP contribution in [0.3, 0.4) is 0 Å². The highest BCUT2D eigenvalue weighted by Crippen LogP contribution is 2.19. The highest BCUT2D eigenvalue weighted by molar-refractivity contribution is 5.94. The second-order valence-electron chi connectivity index (χ2n) is 4.48. The monoisotopic (exact) mass is 245 g/mol. The van der Waals surface area contributed by atoms with Crippen molar-refractivity contribution in [3.8, 4) is 0 Å². The van der Waals surface area contributed by atoms with Gasteiger partial charge in [0.2, 0.25) is 0 Å². The Hall–Kier alpha value is -1.61. The molecule has 2 rings (SSSR count). The first-order chi connectivity index (χ1) is 8.81. The lowest BCUT2D eigenvalue weighted by Crippen LogP contribution is -2.27. The van der Waals surface area contributed by atoms with E-state index in [1.54, 1.807) is 0 Å². The predicted octanol–water partition coefficient (Wildman–Crippen LogP) is 2.92. The van der Waals surface area contributed by atoms with Crippen LogP contribution < -0.4 is 5.32 Å². The van der Waals surface area contributed by atoms with E-state index in [-0.39, 0.29) is 12.0 Å². The SMILES string of the molecule is C=CCCc1ccccc1NC(=O)[C@H]1CCCO1. The lowest BCUT2D eigenvalue weighted by atomic mass is 10.1. The number of aryl methyl sites for hydroxylation is 1. The normalized spacial score (nSPS) is 18.6. The molecule has 96 valence electrons. The third kappa shape index (κ3) is 3.20. The average molecular weight is 245 g/mol. The molecule has 0 spiro atoms. The standard InChI is InChI=1S/C15H19NO2/c1-2-3-7-12-8-4-5-9-13(12)16-15(17)14-10-6-11-18-14/h2,4-5,8-9,14H,1,3,6-7,10-11H2,(H,16,17)/t14-/m1/s1. The minimum atomic E-state index is -0.280. The van der Waals surface area contributed by atoms with E-state index >= 15 is 0 Å². The van der Waals surface area contributed by atoms with Crippen LogP contribution in [0, 0.1) is 0 Å². The van der Waals surface area contributed by atoms with Gasteiger partial charge in [-0.05, 0) is 37.3 Å². The van der Waals surface area contributed by atoms with Gasteiger partial charge in [0, 0.05) is 12.3 Å². The Morgan fingerprint density at radius 1 is 1.50 bits per heavy atom. The second kappa shape index (κ2) is 6.36. The van der Waals surface area contributed by atoms with Crippen molar-refractivity contribution >= 4 is 11.6 Å². The molecule has 1 fully saturated rings. The molecule has 3 nitrogen and oxygen atoms in total. The summed E-state index contributed by atoms with van der Waals surface area (Å²) < 4.78 is 5.38. The van der Waals surface area contributed by atoms with E-state index in [2.05, 4.69) is 11.9 Å². The van der Waals surface area contributed by atoms with Crippen molar-refractivity contribution in [1.82, 2.24) is 0 Å². The molecule has 0 radical (unpaired) electrons. The maximum Gasteiger partial charge on any atom is 0.253 e. The summed E-state index contributed by atoms with van der Waals surface area (Å²) >= 11 is 0. The van der Waals surface area contributed by atoms with Crippen molar-refractivity contribution in [2.45, 2.75) is 31.8 Å². The molecule has 0 bridgehead atoms. The average Bonchev–Trinajstić information content (AvgIpc) is 2.91. The van der Waals surface area contributed by atoms with Gasteiger partial charge >= 0.3 is 0 Å². The molecule has 0 saturated carbocycles. The minimum Gasteiger partial charge on any atom is -0.368 e. The summed E-state index contributed by atoms with van der Waals surface area (Å²) in [6.07, 6.45) is 5.20. The summed E-state index contributed by atoms with van der Waals surface area (Å²) in [6, 6.07) is 7.89. The van der Waals surface area contributed by atoms with E-state index in [0.29, 0.717) is 6.61 Å². The fourth-order valence-corrected chi connectivity index (χ4v) is 2.12. The number of allylic oxidation sites excluding steroid dienone is 1. The Kier molecular flexibility index (Phi) is 4.53. The summed E-state index contributed by atoms with van der Waals surface area (Å²) in [5.74, 6) is -0.0291. The summed E-state index contributed by atoms with van der Waals surface area (Å²) in [7, 11) is 0. The molecule has 0 aliphatic carbocycles. The van der Waals surface area contributed by atoms with Gasteiger partial charge in [-0.15, -0.1) is 6.58 Å². The zero-order chi connectivity index (χ0) is 12.8. The molecule has 0 aromatic heterocycles. The molecule has 1 heterocycles. The fraction of sp³-hybridized carbons (Fsp3) is 0.400. The minimum absolute atomic E-state index is 0.0291. The van der Waals surface area contributed by atoms with Crippen molar-refractivity contribution in [3.05, 3.63) is 42.5 Å². The first-order valence-electron chi connectivity index (χ1n) is 6.42. The molecule has 0 unspecified atom stereocenters. The molecule has 18 heavy (non-hydrogen) atoms. The predicted molar refractivity (Wildman–Crippen MR) is 72.6 cm³/mol. The van der Waals surface area contributed by atoms with Gasteiger partial charge in [0.25, 0.3) is 5.91 Å². The molecule has 1 aliphatic heterocycles. The van der Waals surface area contributed by atoms with E-state index in [9.17, 15) is 4.79 Å². The number of amides is 1. The molecule has 1 saturated heterocycles. The van der Waals surface area contributed by atoms with Gasteiger partial charge in [0.15, 0.2) is 0 Å². The van der Waals surface area contributed by atoms with Gasteiger partial charge in [-0.3, -0.25) is 4.79 Å². The van der Waals surface area contributed by atoms with Crippen LogP contribution in [0.1, 0.15) is 24.8 Å². The number of ether oxygens (including phenoxy) is 1. The number of carbonyl (C=O) groups excluding carboxylic acids is 1. The molecular weight excluding hydrogens is 226 g/mol. The van der Waals surface area contributed by atoms with E-state index in [1.165, 1.54) is 0 Å². The molecule has 1 amide bonds. The molecule has 1 atom stereocenters. The van der Waals surface area contributed by atoms with E-state index in [1.807, 2.05) is 30.3 Å². The number of hydrogen-bond donors (Lipinski definition) is 1. The third-order valence-corrected chi connectivity index (χ3v) is 3.12. The zero-order valence-corrected chi connectivity index (χ0v) is 10.5. The largest absolute Gasteiger partial charge is 0.368 e. The lowest BCUT2D eigenvalue weighted by molar-refractivity contribution is -0.124. The number of rotatable bonds is 5. The zero-order valence-electron chi connectivity index (χ0n) is 10.5. The van der Waals surface area contributed by atoms with E-state index < -0.39 is 0 Å². The third-order valence-electron chi connectivity index (χ3n) is 3.12. The van der Waals surface area contributed by atoms with Gasteiger partial charge < -0.3 is 10.1 Å². The first kappa shape index (κ1) is 12.8. The van der Waals surface area contributed by atoms with Gasteiger partial charge in [0.1, 0.15) is 6.10 Å². The molecule has 1 N–H and O–H groups in total. The van der Waals surface area contributed by atoms with Crippen molar-refractivity contribution in [2.75, 3.05) is 11.9 Å². The van der Waals surface area contributed by atoms with E-state index in [4.69, 9.17) is 4.74 Å².